The van der Waals surface area contributed by atoms with Crippen LogP contribution in [0.5, 0.6) is 0 Å². The van der Waals surface area contributed by atoms with Crippen LogP contribution >= 0.6 is 0 Å². The van der Waals surface area contributed by atoms with Crippen LogP contribution in [-0.2, 0) is 4.74 Å². The summed E-state index contributed by atoms with van der Waals surface area (Å²) in [5.74, 6) is 0.787. The molecule has 0 amide bonds. The Bertz CT molecular complexity index is 219. The number of aliphatic hydroxyl groups excluding tert-OH is 1. The Labute approximate surface area is 112 Å². The van der Waals surface area contributed by atoms with Crippen molar-refractivity contribution in [1.29, 1.82) is 0 Å². The zero-order chi connectivity index (χ0) is 13.6. The molecule has 2 atom stereocenters. The highest BCUT2D eigenvalue weighted by Gasteiger charge is 2.20. The zero-order valence-corrected chi connectivity index (χ0v) is 12.5. The summed E-state index contributed by atoms with van der Waals surface area (Å²) in [5.41, 5.74) is -0.171. The number of aliphatic hydroxyl groups is 1. The number of hydrogen-bond acceptors (Lipinski definition) is 3. The maximum Gasteiger partial charge on any atom is 0.0898 e. The molecule has 1 rings (SSSR count). The van der Waals surface area contributed by atoms with Crippen molar-refractivity contribution in [1.82, 2.24) is 5.32 Å². The first-order chi connectivity index (χ1) is 8.38. The second kappa shape index (κ2) is 7.46. The van der Waals surface area contributed by atoms with E-state index in [2.05, 4.69) is 12.2 Å². The zero-order valence-electron chi connectivity index (χ0n) is 12.5. The van der Waals surface area contributed by atoms with E-state index >= 15 is 0 Å². The van der Waals surface area contributed by atoms with E-state index in [1.165, 1.54) is 32.1 Å². The summed E-state index contributed by atoms with van der Waals surface area (Å²) in [6.45, 7) is 9.32. The molecule has 0 saturated heterocycles. The standard InChI is InChI=1S/C15H31NO2/c1-12(13-8-6-5-7-9-13)16-10-14(17)11-18-15(2,3)4/h12-14,16-17H,5-11H2,1-4H3/t12-,14?/m0/s1. The predicted molar refractivity (Wildman–Crippen MR) is 75.8 cm³/mol. The van der Waals surface area contributed by atoms with Gasteiger partial charge in [-0.15, -0.1) is 0 Å². The van der Waals surface area contributed by atoms with Crippen LogP contribution in [0.15, 0.2) is 0 Å². The fourth-order valence-electron chi connectivity index (χ4n) is 2.53. The number of ether oxygens (including phenoxy) is 1. The van der Waals surface area contributed by atoms with Gasteiger partial charge in [0.1, 0.15) is 0 Å². The Hall–Kier alpha value is -0.120. The SMILES string of the molecule is C[C@H](NCC(O)COC(C)(C)C)C1CCCCC1. The highest BCUT2D eigenvalue weighted by molar-refractivity contribution is 4.77. The van der Waals surface area contributed by atoms with Gasteiger partial charge in [-0.05, 0) is 46.5 Å². The fraction of sp³-hybridized carbons (Fsp3) is 1.00. The Morgan fingerprint density at radius 3 is 2.39 bits per heavy atom. The summed E-state index contributed by atoms with van der Waals surface area (Å²) in [6.07, 6.45) is 6.39. The van der Waals surface area contributed by atoms with Crippen LogP contribution < -0.4 is 5.32 Å². The maximum atomic E-state index is 9.87. The largest absolute Gasteiger partial charge is 0.389 e. The maximum absolute atomic E-state index is 9.87. The molecule has 108 valence electrons. The van der Waals surface area contributed by atoms with Gasteiger partial charge in [0.15, 0.2) is 0 Å². The summed E-state index contributed by atoms with van der Waals surface area (Å²) in [7, 11) is 0. The van der Waals surface area contributed by atoms with E-state index in [1.807, 2.05) is 20.8 Å². The lowest BCUT2D eigenvalue weighted by Gasteiger charge is -2.29. The van der Waals surface area contributed by atoms with Gasteiger partial charge in [-0.3, -0.25) is 0 Å². The quantitative estimate of drug-likeness (QED) is 0.769. The lowest BCUT2D eigenvalue weighted by molar-refractivity contribution is -0.0486. The molecule has 3 nitrogen and oxygen atoms in total. The highest BCUT2D eigenvalue weighted by atomic mass is 16.5. The number of hydrogen-bond donors (Lipinski definition) is 2. The smallest absolute Gasteiger partial charge is 0.0898 e. The van der Waals surface area contributed by atoms with Crippen LogP contribution in [0.25, 0.3) is 0 Å². The molecular formula is C15H31NO2. The second-order valence-corrected chi connectivity index (χ2v) is 6.67. The van der Waals surface area contributed by atoms with E-state index in [-0.39, 0.29) is 5.60 Å². The van der Waals surface area contributed by atoms with Crippen molar-refractivity contribution in [2.24, 2.45) is 5.92 Å². The first-order valence-corrected chi connectivity index (χ1v) is 7.44. The van der Waals surface area contributed by atoms with Gasteiger partial charge < -0.3 is 15.2 Å². The molecule has 0 aromatic rings. The van der Waals surface area contributed by atoms with E-state index in [4.69, 9.17) is 4.74 Å². The molecule has 0 bridgehead atoms. The van der Waals surface area contributed by atoms with Crippen LogP contribution in [0.4, 0.5) is 0 Å². The van der Waals surface area contributed by atoms with Crippen molar-refractivity contribution in [2.45, 2.75) is 77.5 Å². The summed E-state index contributed by atoms with van der Waals surface area (Å²) < 4.78 is 5.58. The van der Waals surface area contributed by atoms with Crippen molar-refractivity contribution >= 4 is 0 Å². The lowest BCUT2D eigenvalue weighted by Crippen LogP contribution is -2.41. The first-order valence-electron chi connectivity index (χ1n) is 7.44. The molecule has 0 aromatic heterocycles. The van der Waals surface area contributed by atoms with Gasteiger partial charge in [-0.2, -0.15) is 0 Å². The molecular weight excluding hydrogens is 226 g/mol. The Balaban J connectivity index is 2.14. The van der Waals surface area contributed by atoms with Crippen LogP contribution in [-0.4, -0.2) is 36.0 Å². The van der Waals surface area contributed by atoms with Crippen molar-refractivity contribution < 1.29 is 9.84 Å². The molecule has 0 aliphatic heterocycles. The molecule has 2 N–H and O–H groups in total. The molecule has 1 saturated carbocycles. The summed E-state index contributed by atoms with van der Waals surface area (Å²) in [6, 6.07) is 0.509. The van der Waals surface area contributed by atoms with Crippen molar-refractivity contribution in [3.8, 4) is 0 Å². The highest BCUT2D eigenvalue weighted by Crippen LogP contribution is 2.26. The summed E-state index contributed by atoms with van der Waals surface area (Å²) >= 11 is 0. The van der Waals surface area contributed by atoms with Crippen LogP contribution in [0.2, 0.25) is 0 Å². The van der Waals surface area contributed by atoms with Crippen LogP contribution in [0.1, 0.15) is 59.8 Å². The minimum Gasteiger partial charge on any atom is -0.389 e. The molecule has 1 aliphatic carbocycles. The van der Waals surface area contributed by atoms with E-state index in [9.17, 15) is 5.11 Å². The van der Waals surface area contributed by atoms with Gasteiger partial charge in [-0.25, -0.2) is 0 Å². The third-order valence-electron chi connectivity index (χ3n) is 3.74. The summed E-state index contributed by atoms with van der Waals surface area (Å²) in [5, 5.41) is 13.3. The van der Waals surface area contributed by atoms with Gasteiger partial charge in [-0.1, -0.05) is 19.3 Å². The minimum absolute atomic E-state index is 0.171. The van der Waals surface area contributed by atoms with Gasteiger partial charge >= 0.3 is 0 Å². The predicted octanol–water partition coefficient (Wildman–Crippen LogP) is 2.72. The molecule has 3 heteroatoms. The topological polar surface area (TPSA) is 41.5 Å². The van der Waals surface area contributed by atoms with Gasteiger partial charge in [0.2, 0.25) is 0 Å². The fourth-order valence-corrected chi connectivity index (χ4v) is 2.53. The Kier molecular flexibility index (Phi) is 6.61. The van der Waals surface area contributed by atoms with Crippen LogP contribution in [0.3, 0.4) is 0 Å². The number of nitrogens with one attached hydrogen (secondary N) is 1. The van der Waals surface area contributed by atoms with Crippen molar-refractivity contribution in [2.75, 3.05) is 13.2 Å². The van der Waals surface area contributed by atoms with E-state index in [0.29, 0.717) is 19.2 Å². The van der Waals surface area contributed by atoms with Crippen molar-refractivity contribution in [3.63, 3.8) is 0 Å². The molecule has 0 spiro atoms. The third kappa shape index (κ3) is 6.72. The Morgan fingerprint density at radius 2 is 1.83 bits per heavy atom. The monoisotopic (exact) mass is 257 g/mol. The molecule has 0 aromatic carbocycles. The molecule has 0 radical (unpaired) electrons. The molecule has 1 fully saturated rings. The molecule has 1 aliphatic rings. The van der Waals surface area contributed by atoms with Gasteiger partial charge in [0, 0.05) is 12.6 Å². The Morgan fingerprint density at radius 1 is 1.22 bits per heavy atom. The van der Waals surface area contributed by atoms with Crippen LogP contribution in [0, 0.1) is 5.92 Å². The molecule has 1 unspecified atom stereocenters. The van der Waals surface area contributed by atoms with E-state index in [0.717, 1.165) is 5.92 Å². The normalized spacial score (nSPS) is 21.8. The van der Waals surface area contributed by atoms with E-state index < -0.39 is 6.10 Å². The lowest BCUT2D eigenvalue weighted by atomic mass is 9.84. The van der Waals surface area contributed by atoms with Gasteiger partial charge in [0.25, 0.3) is 0 Å². The van der Waals surface area contributed by atoms with E-state index in [1.54, 1.807) is 0 Å². The first kappa shape index (κ1) is 15.9. The average molecular weight is 257 g/mol. The summed E-state index contributed by atoms with van der Waals surface area (Å²) in [4.78, 5) is 0. The number of rotatable bonds is 6. The second-order valence-electron chi connectivity index (χ2n) is 6.67. The third-order valence-corrected chi connectivity index (χ3v) is 3.74. The minimum atomic E-state index is -0.407. The molecule has 18 heavy (non-hydrogen) atoms. The average Bonchev–Trinajstić information content (AvgIpc) is 2.33. The van der Waals surface area contributed by atoms with Gasteiger partial charge in [0.05, 0.1) is 18.3 Å². The molecule has 0 heterocycles. The van der Waals surface area contributed by atoms with Crippen molar-refractivity contribution in [3.05, 3.63) is 0 Å².